The number of rotatable bonds is 4. The Bertz CT molecular complexity index is 937. The van der Waals surface area contributed by atoms with Gasteiger partial charge in [0.05, 0.1) is 34.7 Å². The molecule has 2 aromatic heterocycles. The van der Waals surface area contributed by atoms with Gasteiger partial charge in [0.2, 0.25) is 5.89 Å². The molecular weight excluding hydrogens is 325 g/mol. The number of halogens is 1. The monoisotopic (exact) mass is 341 g/mol. The minimum absolute atomic E-state index is 0.0609. The third kappa shape index (κ3) is 3.26. The van der Waals surface area contributed by atoms with Gasteiger partial charge in [-0.15, -0.1) is 10.2 Å². The second kappa shape index (κ2) is 6.80. The molecule has 3 rings (SSSR count). The quantitative estimate of drug-likeness (QED) is 0.673. The zero-order valence-electron chi connectivity index (χ0n) is 14.0. The minimum atomic E-state index is -0.470. The van der Waals surface area contributed by atoms with E-state index < -0.39 is 11.8 Å². The normalized spacial score (nSPS) is 10.7. The fourth-order valence-corrected chi connectivity index (χ4v) is 2.43. The van der Waals surface area contributed by atoms with Gasteiger partial charge in [-0.05, 0) is 39.0 Å². The molecule has 128 valence electrons. The Labute approximate surface area is 143 Å². The van der Waals surface area contributed by atoms with E-state index in [9.17, 15) is 9.18 Å². The Morgan fingerprint density at radius 2 is 1.80 bits per heavy atom. The van der Waals surface area contributed by atoms with E-state index in [2.05, 4.69) is 15.2 Å². The van der Waals surface area contributed by atoms with Gasteiger partial charge in [0.1, 0.15) is 5.82 Å². The lowest BCUT2D eigenvalue weighted by atomic mass is 10.1. The third-order valence-electron chi connectivity index (χ3n) is 3.66. The van der Waals surface area contributed by atoms with Crippen LogP contribution in [0.1, 0.15) is 28.7 Å². The van der Waals surface area contributed by atoms with Crippen molar-refractivity contribution in [2.24, 2.45) is 0 Å². The summed E-state index contributed by atoms with van der Waals surface area (Å²) in [4.78, 5) is 16.4. The van der Waals surface area contributed by atoms with Crippen LogP contribution in [-0.4, -0.2) is 27.8 Å². The summed E-state index contributed by atoms with van der Waals surface area (Å²) in [6.45, 7) is 5.49. The lowest BCUT2D eigenvalue weighted by Crippen LogP contribution is -2.09. The fraction of sp³-hybridized carbons (Fsp3) is 0.222. The highest BCUT2D eigenvalue weighted by Gasteiger charge is 2.20. The van der Waals surface area contributed by atoms with Crippen molar-refractivity contribution in [2.45, 2.75) is 20.8 Å². The molecule has 0 fully saturated rings. The number of hydrogen-bond acceptors (Lipinski definition) is 6. The van der Waals surface area contributed by atoms with Gasteiger partial charge in [0.15, 0.2) is 0 Å². The van der Waals surface area contributed by atoms with E-state index in [0.29, 0.717) is 22.5 Å². The van der Waals surface area contributed by atoms with Gasteiger partial charge in [-0.1, -0.05) is 12.1 Å². The summed E-state index contributed by atoms with van der Waals surface area (Å²) in [7, 11) is 0. The van der Waals surface area contributed by atoms with Crippen molar-refractivity contribution in [3.8, 4) is 22.9 Å². The van der Waals surface area contributed by atoms with E-state index in [1.165, 1.54) is 6.07 Å². The molecule has 6 nitrogen and oxygen atoms in total. The topological polar surface area (TPSA) is 78.1 Å². The average molecular weight is 341 g/mol. The smallest absolute Gasteiger partial charge is 0.339 e. The maximum Gasteiger partial charge on any atom is 0.339 e. The molecule has 0 spiro atoms. The summed E-state index contributed by atoms with van der Waals surface area (Å²) in [5.41, 5.74) is 2.21. The first-order chi connectivity index (χ1) is 12.0. The summed E-state index contributed by atoms with van der Waals surface area (Å²) in [5, 5.41) is 7.86. The zero-order valence-corrected chi connectivity index (χ0v) is 14.0. The van der Waals surface area contributed by atoms with E-state index in [1.807, 2.05) is 0 Å². The van der Waals surface area contributed by atoms with Crippen LogP contribution < -0.4 is 0 Å². The molecule has 3 aromatic rings. The predicted molar refractivity (Wildman–Crippen MR) is 88.4 cm³/mol. The summed E-state index contributed by atoms with van der Waals surface area (Å²) >= 11 is 0. The summed E-state index contributed by atoms with van der Waals surface area (Å²) in [6.07, 6.45) is 0. The van der Waals surface area contributed by atoms with Crippen LogP contribution >= 0.6 is 0 Å². The van der Waals surface area contributed by atoms with Gasteiger partial charge in [-0.2, -0.15) is 0 Å². The summed E-state index contributed by atoms with van der Waals surface area (Å²) in [5.74, 6) is -0.703. The number of benzene rings is 1. The Kier molecular flexibility index (Phi) is 4.56. The molecule has 0 saturated heterocycles. The first kappa shape index (κ1) is 16.8. The number of hydrogen-bond donors (Lipinski definition) is 0. The standard InChI is InChI=1S/C18H16FN3O3/c1-4-24-18(23)14-9-13(10(2)20-11(14)3)17-22-21-16(25-17)12-7-5-6-8-15(12)19/h5-9H,4H2,1-3H3. The van der Waals surface area contributed by atoms with Gasteiger partial charge < -0.3 is 9.15 Å². The lowest BCUT2D eigenvalue weighted by molar-refractivity contribution is 0.0525. The lowest BCUT2D eigenvalue weighted by Gasteiger charge is -2.08. The van der Waals surface area contributed by atoms with E-state index >= 15 is 0 Å². The first-order valence-corrected chi connectivity index (χ1v) is 7.75. The molecule has 0 aliphatic carbocycles. The number of nitrogens with zero attached hydrogens (tertiary/aromatic N) is 3. The van der Waals surface area contributed by atoms with Crippen LogP contribution in [0.3, 0.4) is 0 Å². The van der Waals surface area contributed by atoms with Crippen molar-refractivity contribution in [2.75, 3.05) is 6.61 Å². The molecule has 7 heteroatoms. The van der Waals surface area contributed by atoms with Crippen molar-refractivity contribution in [1.82, 2.24) is 15.2 Å². The number of carbonyl (C=O) groups is 1. The largest absolute Gasteiger partial charge is 0.462 e. The van der Waals surface area contributed by atoms with Crippen LogP contribution in [0.2, 0.25) is 0 Å². The molecule has 0 bridgehead atoms. The van der Waals surface area contributed by atoms with Crippen LogP contribution in [0.4, 0.5) is 4.39 Å². The Morgan fingerprint density at radius 3 is 2.48 bits per heavy atom. The van der Waals surface area contributed by atoms with Crippen LogP contribution in [0.5, 0.6) is 0 Å². The number of pyridine rings is 1. The van der Waals surface area contributed by atoms with Gasteiger partial charge >= 0.3 is 5.97 Å². The van der Waals surface area contributed by atoms with Crippen LogP contribution in [-0.2, 0) is 4.74 Å². The van der Waals surface area contributed by atoms with Gasteiger partial charge in [-0.3, -0.25) is 4.98 Å². The number of esters is 1. The number of aryl methyl sites for hydroxylation is 2. The summed E-state index contributed by atoms with van der Waals surface area (Å²) in [6, 6.07) is 7.73. The molecule has 0 amide bonds. The number of aromatic nitrogens is 3. The third-order valence-corrected chi connectivity index (χ3v) is 3.66. The highest BCUT2D eigenvalue weighted by atomic mass is 19.1. The average Bonchev–Trinajstić information content (AvgIpc) is 3.05. The molecule has 0 N–H and O–H groups in total. The van der Waals surface area contributed by atoms with Crippen LogP contribution in [0.25, 0.3) is 22.9 Å². The molecule has 1 aromatic carbocycles. The van der Waals surface area contributed by atoms with Gasteiger partial charge in [0.25, 0.3) is 5.89 Å². The Morgan fingerprint density at radius 1 is 1.12 bits per heavy atom. The van der Waals surface area contributed by atoms with Crippen molar-refractivity contribution in [3.63, 3.8) is 0 Å². The predicted octanol–water partition coefficient (Wildman–Crippen LogP) is 3.73. The van der Waals surface area contributed by atoms with Crippen molar-refractivity contribution < 1.29 is 18.3 Å². The second-order valence-corrected chi connectivity index (χ2v) is 5.37. The van der Waals surface area contributed by atoms with Crippen LogP contribution in [0, 0.1) is 19.7 Å². The van der Waals surface area contributed by atoms with Gasteiger partial charge in [-0.25, -0.2) is 9.18 Å². The molecule has 25 heavy (non-hydrogen) atoms. The van der Waals surface area contributed by atoms with Crippen LogP contribution in [0.15, 0.2) is 34.7 Å². The SMILES string of the molecule is CCOC(=O)c1cc(-c2nnc(-c3ccccc3F)o2)c(C)nc1C. The highest BCUT2D eigenvalue weighted by Crippen LogP contribution is 2.28. The molecule has 0 saturated carbocycles. The Hall–Kier alpha value is -3.09. The van der Waals surface area contributed by atoms with Gasteiger partial charge in [0, 0.05) is 0 Å². The van der Waals surface area contributed by atoms with E-state index in [-0.39, 0.29) is 24.0 Å². The maximum atomic E-state index is 13.9. The Balaban J connectivity index is 2.04. The number of carbonyl (C=O) groups excluding carboxylic acids is 1. The molecular formula is C18H16FN3O3. The van der Waals surface area contributed by atoms with Crippen molar-refractivity contribution in [3.05, 3.63) is 53.1 Å². The highest BCUT2D eigenvalue weighted by molar-refractivity contribution is 5.92. The molecule has 0 atom stereocenters. The molecule has 0 aliphatic rings. The second-order valence-electron chi connectivity index (χ2n) is 5.37. The first-order valence-electron chi connectivity index (χ1n) is 7.75. The molecule has 0 radical (unpaired) electrons. The van der Waals surface area contributed by atoms with Crippen molar-refractivity contribution in [1.29, 1.82) is 0 Å². The fourth-order valence-electron chi connectivity index (χ4n) is 2.43. The maximum absolute atomic E-state index is 13.9. The van der Waals surface area contributed by atoms with E-state index in [0.717, 1.165) is 0 Å². The minimum Gasteiger partial charge on any atom is -0.462 e. The zero-order chi connectivity index (χ0) is 18.0. The summed E-state index contributed by atoms with van der Waals surface area (Å²) < 4.78 is 24.5. The molecule has 0 unspecified atom stereocenters. The van der Waals surface area contributed by atoms with E-state index in [4.69, 9.17) is 9.15 Å². The molecule has 2 heterocycles. The van der Waals surface area contributed by atoms with E-state index in [1.54, 1.807) is 45.0 Å². The molecule has 0 aliphatic heterocycles. The van der Waals surface area contributed by atoms with Crippen molar-refractivity contribution >= 4 is 5.97 Å². The number of ether oxygens (including phenoxy) is 1.